The Balaban J connectivity index is 1.80. The molecule has 0 N–H and O–H groups in total. The van der Waals surface area contributed by atoms with Crippen LogP contribution in [0.25, 0.3) is 0 Å². The lowest BCUT2D eigenvalue weighted by Crippen LogP contribution is -2.42. The SMILES string of the molecule is CC1(Cc2ccc3c(c2)OCCO3)CCO1. The van der Waals surface area contributed by atoms with Gasteiger partial charge in [0, 0.05) is 6.42 Å². The number of hydrogen-bond acceptors (Lipinski definition) is 3. The van der Waals surface area contributed by atoms with Gasteiger partial charge in [-0.1, -0.05) is 6.07 Å². The molecule has 16 heavy (non-hydrogen) atoms. The van der Waals surface area contributed by atoms with Crippen molar-refractivity contribution in [3.05, 3.63) is 23.8 Å². The fraction of sp³-hybridized carbons (Fsp3) is 0.538. The van der Waals surface area contributed by atoms with E-state index in [1.165, 1.54) is 5.56 Å². The lowest BCUT2D eigenvalue weighted by atomic mass is 9.89. The maximum absolute atomic E-state index is 5.59. The van der Waals surface area contributed by atoms with E-state index < -0.39 is 0 Å². The summed E-state index contributed by atoms with van der Waals surface area (Å²) in [6, 6.07) is 6.16. The van der Waals surface area contributed by atoms with E-state index >= 15 is 0 Å². The van der Waals surface area contributed by atoms with Gasteiger partial charge in [-0.25, -0.2) is 0 Å². The summed E-state index contributed by atoms with van der Waals surface area (Å²) in [5.74, 6) is 1.72. The molecule has 0 spiro atoms. The molecule has 1 unspecified atom stereocenters. The van der Waals surface area contributed by atoms with Gasteiger partial charge in [0.2, 0.25) is 0 Å². The van der Waals surface area contributed by atoms with E-state index in [0.29, 0.717) is 13.2 Å². The summed E-state index contributed by atoms with van der Waals surface area (Å²) in [4.78, 5) is 0. The fourth-order valence-corrected chi connectivity index (χ4v) is 2.22. The van der Waals surface area contributed by atoms with E-state index in [1.54, 1.807) is 0 Å². The third kappa shape index (κ3) is 1.76. The van der Waals surface area contributed by atoms with E-state index in [9.17, 15) is 0 Å². The molecule has 1 fully saturated rings. The van der Waals surface area contributed by atoms with Crippen molar-refractivity contribution in [3.8, 4) is 11.5 Å². The normalized spacial score (nSPS) is 27.3. The van der Waals surface area contributed by atoms with Crippen LogP contribution in [0.15, 0.2) is 18.2 Å². The van der Waals surface area contributed by atoms with Gasteiger partial charge >= 0.3 is 0 Å². The second kappa shape index (κ2) is 3.67. The Kier molecular flexibility index (Phi) is 2.28. The molecule has 1 atom stereocenters. The van der Waals surface area contributed by atoms with Crippen LogP contribution in [0.1, 0.15) is 18.9 Å². The van der Waals surface area contributed by atoms with Gasteiger partial charge in [0.1, 0.15) is 13.2 Å². The molecule has 1 aromatic carbocycles. The van der Waals surface area contributed by atoms with E-state index in [1.807, 2.05) is 6.07 Å². The molecule has 0 bridgehead atoms. The van der Waals surface area contributed by atoms with E-state index in [0.717, 1.165) is 30.9 Å². The van der Waals surface area contributed by atoms with Gasteiger partial charge in [-0.15, -0.1) is 0 Å². The first kappa shape index (κ1) is 9.97. The topological polar surface area (TPSA) is 27.7 Å². The first-order valence-electron chi connectivity index (χ1n) is 5.78. The van der Waals surface area contributed by atoms with E-state index in [-0.39, 0.29) is 5.60 Å². The van der Waals surface area contributed by atoms with Gasteiger partial charge in [-0.2, -0.15) is 0 Å². The summed E-state index contributed by atoms with van der Waals surface area (Å²) in [6.45, 7) is 4.34. The van der Waals surface area contributed by atoms with Crippen molar-refractivity contribution in [1.82, 2.24) is 0 Å². The third-order valence-electron chi connectivity index (χ3n) is 3.27. The molecule has 2 heterocycles. The summed E-state index contributed by atoms with van der Waals surface area (Å²) in [7, 11) is 0. The molecule has 0 saturated carbocycles. The highest BCUT2D eigenvalue weighted by Crippen LogP contribution is 2.34. The average molecular weight is 220 g/mol. The van der Waals surface area contributed by atoms with Crippen LogP contribution in [0.5, 0.6) is 11.5 Å². The summed E-state index contributed by atoms with van der Waals surface area (Å²) in [6.07, 6.45) is 2.09. The zero-order chi connectivity index (χ0) is 11.0. The molecule has 0 aromatic heterocycles. The Bertz CT molecular complexity index is 396. The lowest BCUT2D eigenvalue weighted by molar-refractivity contribution is -0.132. The summed E-state index contributed by atoms with van der Waals surface area (Å²) >= 11 is 0. The first-order valence-corrected chi connectivity index (χ1v) is 5.78. The van der Waals surface area contributed by atoms with Crippen molar-refractivity contribution < 1.29 is 14.2 Å². The van der Waals surface area contributed by atoms with E-state index in [2.05, 4.69) is 19.1 Å². The van der Waals surface area contributed by atoms with Gasteiger partial charge in [0.25, 0.3) is 0 Å². The molecule has 3 heteroatoms. The highest BCUT2D eigenvalue weighted by Gasteiger charge is 2.33. The number of rotatable bonds is 2. The Hall–Kier alpha value is -1.22. The van der Waals surface area contributed by atoms with Crippen molar-refractivity contribution in [3.63, 3.8) is 0 Å². The summed E-state index contributed by atoms with van der Waals surface area (Å²) < 4.78 is 16.7. The van der Waals surface area contributed by atoms with Crippen LogP contribution in [0, 0.1) is 0 Å². The number of ether oxygens (including phenoxy) is 3. The zero-order valence-electron chi connectivity index (χ0n) is 9.49. The molecule has 1 aromatic rings. The maximum atomic E-state index is 5.59. The maximum Gasteiger partial charge on any atom is 0.161 e. The van der Waals surface area contributed by atoms with Crippen molar-refractivity contribution in [1.29, 1.82) is 0 Å². The Labute approximate surface area is 95.3 Å². The van der Waals surface area contributed by atoms with Crippen LogP contribution in [0.2, 0.25) is 0 Å². The highest BCUT2D eigenvalue weighted by molar-refractivity contribution is 5.44. The molecule has 0 amide bonds. The van der Waals surface area contributed by atoms with Crippen molar-refractivity contribution in [2.75, 3.05) is 19.8 Å². The van der Waals surface area contributed by atoms with Crippen LogP contribution in [0.3, 0.4) is 0 Å². The summed E-state index contributed by atoms with van der Waals surface area (Å²) in [5.41, 5.74) is 1.29. The Morgan fingerprint density at radius 3 is 2.56 bits per heavy atom. The second-order valence-corrected chi connectivity index (χ2v) is 4.70. The van der Waals surface area contributed by atoms with Gasteiger partial charge in [0.05, 0.1) is 12.2 Å². The third-order valence-corrected chi connectivity index (χ3v) is 3.27. The summed E-state index contributed by atoms with van der Waals surface area (Å²) in [5, 5.41) is 0. The first-order chi connectivity index (χ1) is 7.75. The van der Waals surface area contributed by atoms with Crippen LogP contribution in [0.4, 0.5) is 0 Å². The molecule has 86 valence electrons. The molecule has 2 aliphatic heterocycles. The predicted octanol–water partition coefficient (Wildman–Crippen LogP) is 2.18. The zero-order valence-corrected chi connectivity index (χ0v) is 9.49. The van der Waals surface area contributed by atoms with Crippen molar-refractivity contribution in [2.24, 2.45) is 0 Å². The number of hydrogen-bond donors (Lipinski definition) is 0. The predicted molar refractivity (Wildman–Crippen MR) is 60.1 cm³/mol. The smallest absolute Gasteiger partial charge is 0.161 e. The van der Waals surface area contributed by atoms with Crippen LogP contribution >= 0.6 is 0 Å². The Morgan fingerprint density at radius 2 is 1.88 bits per heavy atom. The average Bonchev–Trinajstić information content (AvgIpc) is 2.27. The molecule has 2 aliphatic rings. The Morgan fingerprint density at radius 1 is 1.12 bits per heavy atom. The monoisotopic (exact) mass is 220 g/mol. The minimum absolute atomic E-state index is 0.0315. The largest absolute Gasteiger partial charge is 0.486 e. The van der Waals surface area contributed by atoms with Crippen LogP contribution in [-0.2, 0) is 11.2 Å². The lowest BCUT2D eigenvalue weighted by Gasteiger charge is -2.39. The van der Waals surface area contributed by atoms with E-state index in [4.69, 9.17) is 14.2 Å². The standard InChI is InChI=1S/C13H16O3/c1-13(4-5-16-13)9-10-2-3-11-12(8-10)15-7-6-14-11/h2-3,8H,4-7,9H2,1H3. The number of benzene rings is 1. The van der Waals surface area contributed by atoms with Gasteiger partial charge in [-0.3, -0.25) is 0 Å². The van der Waals surface area contributed by atoms with Crippen molar-refractivity contribution in [2.45, 2.75) is 25.4 Å². The number of fused-ring (bicyclic) bond motifs is 1. The molecule has 0 radical (unpaired) electrons. The minimum Gasteiger partial charge on any atom is -0.486 e. The molecule has 0 aliphatic carbocycles. The van der Waals surface area contributed by atoms with Crippen LogP contribution < -0.4 is 9.47 Å². The van der Waals surface area contributed by atoms with Gasteiger partial charge in [-0.05, 0) is 31.0 Å². The quantitative estimate of drug-likeness (QED) is 0.764. The second-order valence-electron chi connectivity index (χ2n) is 4.70. The van der Waals surface area contributed by atoms with Crippen LogP contribution in [-0.4, -0.2) is 25.4 Å². The fourth-order valence-electron chi connectivity index (χ4n) is 2.22. The molecule has 3 rings (SSSR count). The molecular formula is C13H16O3. The van der Waals surface area contributed by atoms with Gasteiger partial charge in [0.15, 0.2) is 11.5 Å². The molecular weight excluding hydrogens is 204 g/mol. The minimum atomic E-state index is 0.0315. The molecule has 1 saturated heterocycles. The molecule has 3 nitrogen and oxygen atoms in total. The van der Waals surface area contributed by atoms with Crippen molar-refractivity contribution >= 4 is 0 Å². The highest BCUT2D eigenvalue weighted by atomic mass is 16.6. The van der Waals surface area contributed by atoms with Gasteiger partial charge < -0.3 is 14.2 Å².